The highest BCUT2D eigenvalue weighted by molar-refractivity contribution is 7.91. The zero-order chi connectivity index (χ0) is 18.0. The van der Waals surface area contributed by atoms with E-state index < -0.39 is 9.84 Å². The highest BCUT2D eigenvalue weighted by atomic mass is 35.5. The molecule has 8 heteroatoms. The SMILES string of the molecule is O=C1CCC(C(=O)N2CCS(=O)(=O)CC2)CN1Cc1ccc(Cl)cc1. The molecule has 2 aliphatic rings. The van der Waals surface area contributed by atoms with Gasteiger partial charge in [0.2, 0.25) is 11.8 Å². The van der Waals surface area contributed by atoms with Gasteiger partial charge in [0.25, 0.3) is 0 Å². The van der Waals surface area contributed by atoms with Crippen LogP contribution in [0.1, 0.15) is 18.4 Å². The average Bonchev–Trinajstić information content (AvgIpc) is 2.58. The Balaban J connectivity index is 1.62. The molecule has 136 valence electrons. The van der Waals surface area contributed by atoms with Crippen LogP contribution >= 0.6 is 11.6 Å². The lowest BCUT2D eigenvalue weighted by Crippen LogP contribution is -2.50. The van der Waals surface area contributed by atoms with Crippen LogP contribution in [0.3, 0.4) is 0 Å². The summed E-state index contributed by atoms with van der Waals surface area (Å²) in [6, 6.07) is 7.30. The average molecular weight is 385 g/mol. The number of carbonyl (C=O) groups excluding carboxylic acids is 2. The first-order valence-electron chi connectivity index (χ1n) is 8.35. The third-order valence-electron chi connectivity index (χ3n) is 4.79. The number of hydrogen-bond donors (Lipinski definition) is 0. The minimum absolute atomic E-state index is 0.0267. The van der Waals surface area contributed by atoms with Crippen LogP contribution in [0, 0.1) is 5.92 Å². The molecule has 2 fully saturated rings. The molecular weight excluding hydrogens is 364 g/mol. The minimum atomic E-state index is -3.01. The molecule has 2 heterocycles. The van der Waals surface area contributed by atoms with Gasteiger partial charge < -0.3 is 9.80 Å². The van der Waals surface area contributed by atoms with Gasteiger partial charge in [0, 0.05) is 37.6 Å². The Hall–Kier alpha value is -1.60. The second kappa shape index (κ2) is 7.33. The van der Waals surface area contributed by atoms with Gasteiger partial charge in [0.05, 0.1) is 17.4 Å². The van der Waals surface area contributed by atoms with Crippen molar-refractivity contribution in [1.29, 1.82) is 0 Å². The van der Waals surface area contributed by atoms with Crippen LogP contribution in [-0.2, 0) is 26.0 Å². The van der Waals surface area contributed by atoms with Gasteiger partial charge >= 0.3 is 0 Å². The minimum Gasteiger partial charge on any atom is -0.340 e. The van der Waals surface area contributed by atoms with Gasteiger partial charge in [0.15, 0.2) is 9.84 Å². The number of hydrogen-bond acceptors (Lipinski definition) is 4. The molecule has 1 atom stereocenters. The van der Waals surface area contributed by atoms with Crippen molar-refractivity contribution in [2.75, 3.05) is 31.1 Å². The summed E-state index contributed by atoms with van der Waals surface area (Å²) in [7, 11) is -3.01. The maximum atomic E-state index is 12.7. The normalized spacial score (nSPS) is 23.6. The molecular formula is C17H21ClN2O4S. The van der Waals surface area contributed by atoms with Crippen molar-refractivity contribution >= 4 is 33.3 Å². The Labute approximate surface area is 152 Å². The van der Waals surface area contributed by atoms with Gasteiger partial charge in [-0.2, -0.15) is 0 Å². The summed E-state index contributed by atoms with van der Waals surface area (Å²) in [6.07, 6.45) is 0.869. The third-order valence-corrected chi connectivity index (χ3v) is 6.65. The number of benzene rings is 1. The fraction of sp³-hybridized carbons (Fsp3) is 0.529. The first-order valence-corrected chi connectivity index (χ1v) is 10.6. The molecule has 1 aromatic rings. The lowest BCUT2D eigenvalue weighted by Gasteiger charge is -2.36. The molecule has 0 saturated carbocycles. The van der Waals surface area contributed by atoms with E-state index in [0.717, 1.165) is 5.56 Å². The monoisotopic (exact) mass is 384 g/mol. The molecule has 1 unspecified atom stereocenters. The summed E-state index contributed by atoms with van der Waals surface area (Å²) in [4.78, 5) is 28.2. The van der Waals surface area contributed by atoms with Crippen molar-refractivity contribution < 1.29 is 18.0 Å². The van der Waals surface area contributed by atoms with E-state index in [9.17, 15) is 18.0 Å². The summed E-state index contributed by atoms with van der Waals surface area (Å²) in [5, 5.41) is 0.641. The van der Waals surface area contributed by atoms with Crippen LogP contribution in [-0.4, -0.2) is 61.2 Å². The van der Waals surface area contributed by atoms with Gasteiger partial charge in [0.1, 0.15) is 0 Å². The van der Waals surface area contributed by atoms with Gasteiger partial charge in [-0.1, -0.05) is 23.7 Å². The molecule has 0 aromatic heterocycles. The molecule has 6 nitrogen and oxygen atoms in total. The third kappa shape index (κ3) is 4.52. The number of rotatable bonds is 3. The molecule has 3 rings (SSSR count). The second-order valence-corrected chi connectivity index (χ2v) is 9.35. The van der Waals surface area contributed by atoms with Crippen molar-refractivity contribution in [3.8, 4) is 0 Å². The standard InChI is InChI=1S/C17H21ClN2O4S/c18-15-4-1-13(2-5-15)11-20-12-14(3-6-16(20)21)17(22)19-7-9-25(23,24)10-8-19/h1-2,4-5,14H,3,6-12H2. The molecule has 2 aliphatic heterocycles. The number of likely N-dealkylation sites (tertiary alicyclic amines) is 1. The second-order valence-electron chi connectivity index (χ2n) is 6.61. The van der Waals surface area contributed by atoms with E-state index in [2.05, 4.69) is 0 Å². The van der Waals surface area contributed by atoms with Crippen molar-refractivity contribution in [2.45, 2.75) is 19.4 Å². The number of halogens is 1. The zero-order valence-corrected chi connectivity index (χ0v) is 15.4. The van der Waals surface area contributed by atoms with Gasteiger partial charge in [-0.3, -0.25) is 9.59 Å². The summed E-state index contributed by atoms with van der Waals surface area (Å²) in [5.74, 6) is -0.202. The maximum absolute atomic E-state index is 12.7. The fourth-order valence-corrected chi connectivity index (χ4v) is 4.60. The Morgan fingerprint density at radius 2 is 1.80 bits per heavy atom. The summed E-state index contributed by atoms with van der Waals surface area (Å²) in [5.41, 5.74) is 0.968. The Kier molecular flexibility index (Phi) is 5.34. The van der Waals surface area contributed by atoms with Crippen LogP contribution in [0.4, 0.5) is 0 Å². The van der Waals surface area contributed by atoms with Gasteiger partial charge in [-0.15, -0.1) is 0 Å². The Morgan fingerprint density at radius 3 is 2.44 bits per heavy atom. The first kappa shape index (κ1) is 18.2. The van der Waals surface area contributed by atoms with Crippen molar-refractivity contribution in [2.24, 2.45) is 5.92 Å². The summed E-state index contributed by atoms with van der Waals surface area (Å²) < 4.78 is 23.0. The topological polar surface area (TPSA) is 74.8 Å². The fourth-order valence-electron chi connectivity index (χ4n) is 3.27. The van der Waals surface area contributed by atoms with Crippen LogP contribution in [0.5, 0.6) is 0 Å². The quantitative estimate of drug-likeness (QED) is 0.788. The molecule has 2 saturated heterocycles. The van der Waals surface area contributed by atoms with Crippen LogP contribution < -0.4 is 0 Å². The number of nitrogens with zero attached hydrogens (tertiary/aromatic N) is 2. The van der Waals surface area contributed by atoms with Crippen molar-refractivity contribution in [1.82, 2.24) is 9.80 Å². The molecule has 2 amide bonds. The van der Waals surface area contributed by atoms with E-state index in [0.29, 0.717) is 31.0 Å². The lowest BCUT2D eigenvalue weighted by atomic mass is 9.95. The van der Waals surface area contributed by atoms with E-state index in [1.807, 2.05) is 12.1 Å². The largest absolute Gasteiger partial charge is 0.340 e. The molecule has 1 aromatic carbocycles. The van der Waals surface area contributed by atoms with E-state index in [4.69, 9.17) is 11.6 Å². The van der Waals surface area contributed by atoms with E-state index >= 15 is 0 Å². The lowest BCUT2D eigenvalue weighted by molar-refractivity contribution is -0.143. The van der Waals surface area contributed by atoms with E-state index in [1.54, 1.807) is 21.9 Å². The molecule has 0 radical (unpaired) electrons. The predicted octanol–water partition coefficient (Wildman–Crippen LogP) is 1.34. The van der Waals surface area contributed by atoms with Crippen LogP contribution in [0.2, 0.25) is 5.02 Å². The van der Waals surface area contributed by atoms with Crippen molar-refractivity contribution in [3.63, 3.8) is 0 Å². The van der Waals surface area contributed by atoms with Gasteiger partial charge in [-0.25, -0.2) is 8.42 Å². The molecule has 0 bridgehead atoms. The highest BCUT2D eigenvalue weighted by Gasteiger charge is 2.34. The number of carbonyl (C=O) groups is 2. The molecule has 0 aliphatic carbocycles. The summed E-state index contributed by atoms with van der Waals surface area (Å²) in [6.45, 7) is 1.34. The predicted molar refractivity (Wildman–Crippen MR) is 94.8 cm³/mol. The zero-order valence-electron chi connectivity index (χ0n) is 13.9. The summed E-state index contributed by atoms with van der Waals surface area (Å²) >= 11 is 5.88. The number of amides is 2. The molecule has 0 N–H and O–H groups in total. The Bertz CT molecular complexity index is 749. The smallest absolute Gasteiger partial charge is 0.227 e. The molecule has 25 heavy (non-hydrogen) atoms. The van der Waals surface area contributed by atoms with Crippen LogP contribution in [0.25, 0.3) is 0 Å². The van der Waals surface area contributed by atoms with E-state index in [1.165, 1.54) is 0 Å². The first-order chi connectivity index (χ1) is 11.8. The molecule has 0 spiro atoms. The maximum Gasteiger partial charge on any atom is 0.227 e. The Morgan fingerprint density at radius 1 is 1.16 bits per heavy atom. The highest BCUT2D eigenvalue weighted by Crippen LogP contribution is 2.23. The van der Waals surface area contributed by atoms with Gasteiger partial charge in [-0.05, 0) is 24.1 Å². The number of sulfone groups is 1. The van der Waals surface area contributed by atoms with E-state index in [-0.39, 0.29) is 42.3 Å². The van der Waals surface area contributed by atoms with Crippen LogP contribution in [0.15, 0.2) is 24.3 Å². The number of piperidine rings is 1. The van der Waals surface area contributed by atoms with Crippen molar-refractivity contribution in [3.05, 3.63) is 34.9 Å².